The highest BCUT2D eigenvalue weighted by Gasteiger charge is 2.28. The van der Waals surface area contributed by atoms with Crippen molar-refractivity contribution in [1.29, 1.82) is 0 Å². The number of thiophene rings is 1. The fraction of sp³-hybridized carbons (Fsp3) is 0.400. The zero-order valence-corrected chi connectivity index (χ0v) is 16.1. The van der Waals surface area contributed by atoms with Gasteiger partial charge in [0.25, 0.3) is 5.91 Å². The summed E-state index contributed by atoms with van der Waals surface area (Å²) in [5.41, 5.74) is 3.71. The van der Waals surface area contributed by atoms with E-state index in [0.717, 1.165) is 36.0 Å². The molecule has 1 aliphatic carbocycles. The van der Waals surface area contributed by atoms with E-state index < -0.39 is 0 Å². The fourth-order valence-corrected chi connectivity index (χ4v) is 4.53. The number of aryl methyl sites for hydroxylation is 3. The molecule has 0 fully saturated rings. The molecule has 0 radical (unpaired) electrons. The van der Waals surface area contributed by atoms with Crippen LogP contribution in [0.1, 0.15) is 45.3 Å². The van der Waals surface area contributed by atoms with Gasteiger partial charge in [-0.3, -0.25) is 4.79 Å². The van der Waals surface area contributed by atoms with E-state index >= 15 is 0 Å². The molecule has 6 heteroatoms. The lowest BCUT2D eigenvalue weighted by atomic mass is 10.1. The summed E-state index contributed by atoms with van der Waals surface area (Å²) in [4.78, 5) is 25.8. The van der Waals surface area contributed by atoms with Crippen molar-refractivity contribution in [2.75, 3.05) is 18.5 Å². The van der Waals surface area contributed by atoms with Gasteiger partial charge in [-0.2, -0.15) is 0 Å². The number of nitrogens with one attached hydrogen (secondary N) is 1. The van der Waals surface area contributed by atoms with Gasteiger partial charge < -0.3 is 14.8 Å². The van der Waals surface area contributed by atoms with Crippen molar-refractivity contribution in [3.63, 3.8) is 0 Å². The molecular formula is C20H23NO4S. The number of esters is 1. The Morgan fingerprint density at radius 2 is 1.88 bits per heavy atom. The average Bonchev–Trinajstić information content (AvgIpc) is 3.12. The normalized spacial score (nSPS) is 12.6. The highest BCUT2D eigenvalue weighted by atomic mass is 32.1. The number of carbonyl (C=O) groups excluding carboxylic acids is 2. The van der Waals surface area contributed by atoms with Gasteiger partial charge in [0.05, 0.1) is 12.2 Å². The fourth-order valence-electron chi connectivity index (χ4n) is 3.24. The number of anilines is 1. The Bertz CT molecular complexity index is 820. The van der Waals surface area contributed by atoms with Crippen molar-refractivity contribution < 1.29 is 19.1 Å². The van der Waals surface area contributed by atoms with E-state index in [0.29, 0.717) is 22.9 Å². The second-order valence-electron chi connectivity index (χ2n) is 6.44. The van der Waals surface area contributed by atoms with Crippen LogP contribution >= 0.6 is 11.3 Å². The van der Waals surface area contributed by atoms with E-state index in [9.17, 15) is 9.59 Å². The Morgan fingerprint density at radius 1 is 1.15 bits per heavy atom. The number of ether oxygens (including phenoxy) is 2. The first kappa shape index (κ1) is 18.5. The number of rotatable bonds is 6. The van der Waals surface area contributed by atoms with Gasteiger partial charge in [0.1, 0.15) is 10.8 Å². The van der Waals surface area contributed by atoms with Crippen LogP contribution in [-0.2, 0) is 22.4 Å². The van der Waals surface area contributed by atoms with Gasteiger partial charge in [-0.05, 0) is 68.9 Å². The highest BCUT2D eigenvalue weighted by Crippen LogP contribution is 2.39. The minimum absolute atomic E-state index is 0.103. The lowest BCUT2D eigenvalue weighted by molar-refractivity contribution is -0.118. The molecule has 5 nitrogen and oxygen atoms in total. The number of hydrogen-bond acceptors (Lipinski definition) is 5. The topological polar surface area (TPSA) is 64.6 Å². The smallest absolute Gasteiger partial charge is 0.341 e. The molecular weight excluding hydrogens is 350 g/mol. The first-order valence-corrected chi connectivity index (χ1v) is 9.62. The lowest BCUT2D eigenvalue weighted by Gasteiger charge is -2.10. The van der Waals surface area contributed by atoms with Crippen LogP contribution in [0.15, 0.2) is 18.2 Å². The predicted molar refractivity (Wildman–Crippen MR) is 102 cm³/mol. The Balaban J connectivity index is 1.70. The quantitative estimate of drug-likeness (QED) is 0.776. The van der Waals surface area contributed by atoms with Crippen LogP contribution in [0.4, 0.5) is 5.00 Å². The van der Waals surface area contributed by atoms with Crippen LogP contribution < -0.4 is 10.1 Å². The van der Waals surface area contributed by atoms with E-state index in [1.165, 1.54) is 16.2 Å². The Labute approximate surface area is 157 Å². The number of carbonyl (C=O) groups is 2. The van der Waals surface area contributed by atoms with Crippen molar-refractivity contribution in [2.24, 2.45) is 0 Å². The Hall–Kier alpha value is -2.34. The van der Waals surface area contributed by atoms with Crippen LogP contribution in [0.2, 0.25) is 0 Å². The minimum Gasteiger partial charge on any atom is -0.484 e. The molecule has 1 N–H and O–H groups in total. The minimum atomic E-state index is -0.363. The van der Waals surface area contributed by atoms with Crippen molar-refractivity contribution in [2.45, 2.75) is 40.0 Å². The Morgan fingerprint density at radius 3 is 2.58 bits per heavy atom. The maximum atomic E-state index is 12.3. The molecule has 0 unspecified atom stereocenters. The summed E-state index contributed by atoms with van der Waals surface area (Å²) in [5, 5.41) is 3.40. The largest absolute Gasteiger partial charge is 0.484 e. The van der Waals surface area contributed by atoms with Gasteiger partial charge in [-0.1, -0.05) is 6.07 Å². The summed E-state index contributed by atoms with van der Waals surface area (Å²) in [6.45, 7) is 5.96. The lowest BCUT2D eigenvalue weighted by Crippen LogP contribution is -2.21. The number of fused-ring (bicyclic) bond motifs is 1. The molecule has 138 valence electrons. The van der Waals surface area contributed by atoms with E-state index in [1.807, 2.05) is 32.0 Å². The Kier molecular flexibility index (Phi) is 5.61. The third-order valence-corrected chi connectivity index (χ3v) is 5.43. The summed E-state index contributed by atoms with van der Waals surface area (Å²) in [7, 11) is 0. The molecule has 0 spiro atoms. The van der Waals surface area contributed by atoms with Gasteiger partial charge in [0.2, 0.25) is 0 Å². The first-order chi connectivity index (χ1) is 12.5. The van der Waals surface area contributed by atoms with Crippen molar-refractivity contribution in [3.8, 4) is 5.75 Å². The molecule has 26 heavy (non-hydrogen) atoms. The molecule has 1 amide bonds. The van der Waals surface area contributed by atoms with Crippen molar-refractivity contribution in [3.05, 3.63) is 45.3 Å². The molecule has 0 bridgehead atoms. The molecule has 0 saturated heterocycles. The third kappa shape index (κ3) is 4.07. The number of amides is 1. The average molecular weight is 373 g/mol. The van der Waals surface area contributed by atoms with Crippen LogP contribution in [0.25, 0.3) is 0 Å². The molecule has 1 heterocycles. The van der Waals surface area contributed by atoms with E-state index in [4.69, 9.17) is 9.47 Å². The van der Waals surface area contributed by atoms with Gasteiger partial charge >= 0.3 is 5.97 Å². The molecule has 3 rings (SSSR count). The van der Waals surface area contributed by atoms with Crippen molar-refractivity contribution >= 4 is 28.2 Å². The van der Waals surface area contributed by atoms with Crippen LogP contribution in [0.5, 0.6) is 5.75 Å². The van der Waals surface area contributed by atoms with E-state index in [1.54, 1.807) is 6.92 Å². The second kappa shape index (κ2) is 7.91. The molecule has 0 atom stereocenters. The van der Waals surface area contributed by atoms with Crippen LogP contribution in [-0.4, -0.2) is 25.1 Å². The van der Waals surface area contributed by atoms with Gasteiger partial charge in [-0.15, -0.1) is 11.3 Å². The molecule has 1 aromatic heterocycles. The van der Waals surface area contributed by atoms with Gasteiger partial charge in [-0.25, -0.2) is 4.79 Å². The predicted octanol–water partition coefficient (Wildman–Crippen LogP) is 4.05. The molecule has 2 aromatic rings. The van der Waals surface area contributed by atoms with Gasteiger partial charge in [0.15, 0.2) is 6.61 Å². The number of benzene rings is 1. The first-order valence-electron chi connectivity index (χ1n) is 8.80. The van der Waals surface area contributed by atoms with Crippen LogP contribution in [0, 0.1) is 13.8 Å². The molecule has 0 saturated carbocycles. The van der Waals surface area contributed by atoms with E-state index in [2.05, 4.69) is 5.32 Å². The zero-order valence-electron chi connectivity index (χ0n) is 15.3. The van der Waals surface area contributed by atoms with Crippen molar-refractivity contribution in [1.82, 2.24) is 0 Å². The van der Waals surface area contributed by atoms with Crippen LogP contribution in [0.3, 0.4) is 0 Å². The molecule has 1 aromatic carbocycles. The number of hydrogen-bond donors (Lipinski definition) is 1. The maximum Gasteiger partial charge on any atom is 0.341 e. The summed E-state index contributed by atoms with van der Waals surface area (Å²) < 4.78 is 10.8. The monoisotopic (exact) mass is 373 g/mol. The molecule has 1 aliphatic rings. The maximum absolute atomic E-state index is 12.3. The third-order valence-electron chi connectivity index (χ3n) is 4.22. The SMILES string of the molecule is CCOC(=O)c1c(NC(=O)COc2cc(C)cc(C)c2)sc2c1CCC2. The summed E-state index contributed by atoms with van der Waals surface area (Å²) in [5.74, 6) is 0.0176. The van der Waals surface area contributed by atoms with Gasteiger partial charge in [0, 0.05) is 4.88 Å². The summed E-state index contributed by atoms with van der Waals surface area (Å²) >= 11 is 1.47. The second-order valence-corrected chi connectivity index (χ2v) is 7.55. The standard InChI is InChI=1S/C20H23NO4S/c1-4-24-20(23)18-15-6-5-7-16(15)26-19(18)21-17(22)11-25-14-9-12(2)8-13(3)10-14/h8-10H,4-7,11H2,1-3H3,(H,21,22). The highest BCUT2D eigenvalue weighted by molar-refractivity contribution is 7.17. The molecule has 0 aliphatic heterocycles. The zero-order chi connectivity index (χ0) is 18.7. The summed E-state index contributed by atoms with van der Waals surface area (Å²) in [6, 6.07) is 5.83. The van der Waals surface area contributed by atoms with E-state index in [-0.39, 0.29) is 18.5 Å². The summed E-state index contributed by atoms with van der Waals surface area (Å²) in [6.07, 6.45) is 2.84.